The first-order valence-electron chi connectivity index (χ1n) is 8.05. The lowest BCUT2D eigenvalue weighted by molar-refractivity contribution is 0.0758. The number of hydrogen-bond donors (Lipinski definition) is 0. The molecule has 0 spiro atoms. The van der Waals surface area contributed by atoms with Crippen LogP contribution in [0.25, 0.3) is 0 Å². The fourth-order valence-electron chi connectivity index (χ4n) is 3.38. The number of rotatable bonds is 3. The summed E-state index contributed by atoms with van der Waals surface area (Å²) in [6.07, 6.45) is 3.28. The zero-order valence-corrected chi connectivity index (χ0v) is 14.5. The number of likely N-dealkylation sites (tertiary alicyclic amines) is 1. The Hall–Kier alpha value is -1.55. The molecule has 1 atom stereocenters. The number of aryl methyl sites for hydroxylation is 2. The highest BCUT2D eigenvalue weighted by Crippen LogP contribution is 2.25. The Balaban J connectivity index is 2.15. The van der Waals surface area contributed by atoms with Gasteiger partial charge in [0.2, 0.25) is 0 Å². The van der Waals surface area contributed by atoms with Crippen LogP contribution in [0.15, 0.2) is 12.1 Å². The predicted molar refractivity (Wildman–Crippen MR) is 89.7 cm³/mol. The second-order valence-electron chi connectivity index (χ2n) is 6.48. The first-order valence-corrected chi connectivity index (χ1v) is 8.05. The van der Waals surface area contributed by atoms with E-state index in [1.165, 1.54) is 0 Å². The minimum atomic E-state index is 0.147. The molecule has 4 heteroatoms. The van der Waals surface area contributed by atoms with Crippen molar-refractivity contribution in [3.63, 3.8) is 0 Å². The van der Waals surface area contributed by atoms with Crippen molar-refractivity contribution in [3.05, 3.63) is 28.8 Å². The number of carbonyl (C=O) groups is 1. The van der Waals surface area contributed by atoms with Gasteiger partial charge in [0.05, 0.1) is 7.11 Å². The molecule has 1 heterocycles. The van der Waals surface area contributed by atoms with Gasteiger partial charge in [-0.05, 0) is 70.5 Å². The quantitative estimate of drug-likeness (QED) is 0.861. The Bertz CT molecular complexity index is 517. The molecule has 1 saturated heterocycles. The maximum atomic E-state index is 12.8. The summed E-state index contributed by atoms with van der Waals surface area (Å²) in [5.41, 5.74) is 2.82. The molecule has 0 N–H and O–H groups in total. The zero-order chi connectivity index (χ0) is 16.3. The third-order valence-corrected chi connectivity index (χ3v) is 4.63. The van der Waals surface area contributed by atoms with Gasteiger partial charge in [-0.2, -0.15) is 0 Å². The summed E-state index contributed by atoms with van der Waals surface area (Å²) in [7, 11) is 5.92. The molecular weight excluding hydrogens is 276 g/mol. The van der Waals surface area contributed by atoms with E-state index in [2.05, 4.69) is 19.0 Å². The molecule has 0 aromatic heterocycles. The number of amides is 1. The van der Waals surface area contributed by atoms with Crippen molar-refractivity contribution in [1.29, 1.82) is 0 Å². The fraction of sp³-hybridized carbons (Fsp3) is 0.611. The monoisotopic (exact) mass is 304 g/mol. The molecule has 1 amide bonds. The van der Waals surface area contributed by atoms with Crippen LogP contribution in [0.5, 0.6) is 5.75 Å². The van der Waals surface area contributed by atoms with Crippen molar-refractivity contribution in [3.8, 4) is 5.75 Å². The van der Waals surface area contributed by atoms with Crippen molar-refractivity contribution >= 4 is 5.91 Å². The van der Waals surface area contributed by atoms with Gasteiger partial charge in [0, 0.05) is 24.7 Å². The Morgan fingerprint density at radius 2 is 1.82 bits per heavy atom. The number of hydrogen-bond acceptors (Lipinski definition) is 3. The highest BCUT2D eigenvalue weighted by Gasteiger charge is 2.23. The van der Waals surface area contributed by atoms with Crippen molar-refractivity contribution in [2.75, 3.05) is 34.3 Å². The molecule has 0 radical (unpaired) electrons. The Morgan fingerprint density at radius 3 is 2.36 bits per heavy atom. The van der Waals surface area contributed by atoms with Gasteiger partial charge in [0.25, 0.3) is 5.91 Å². The van der Waals surface area contributed by atoms with Gasteiger partial charge in [-0.25, -0.2) is 0 Å². The van der Waals surface area contributed by atoms with Crippen LogP contribution >= 0.6 is 0 Å². The van der Waals surface area contributed by atoms with Gasteiger partial charge in [0.15, 0.2) is 0 Å². The molecule has 1 aliphatic heterocycles. The topological polar surface area (TPSA) is 32.8 Å². The van der Waals surface area contributed by atoms with Crippen molar-refractivity contribution < 1.29 is 9.53 Å². The molecule has 0 aliphatic carbocycles. The number of benzene rings is 1. The van der Waals surface area contributed by atoms with E-state index >= 15 is 0 Å². The van der Waals surface area contributed by atoms with Crippen LogP contribution in [-0.4, -0.2) is 56.0 Å². The molecular formula is C18H28N2O2. The summed E-state index contributed by atoms with van der Waals surface area (Å²) in [5.74, 6) is 1.02. The van der Waals surface area contributed by atoms with E-state index in [4.69, 9.17) is 4.74 Å². The molecule has 122 valence electrons. The normalized spacial score (nSPS) is 19.2. The first kappa shape index (κ1) is 16.8. The molecule has 0 bridgehead atoms. The summed E-state index contributed by atoms with van der Waals surface area (Å²) >= 11 is 0. The van der Waals surface area contributed by atoms with Crippen LogP contribution in [-0.2, 0) is 0 Å². The smallest absolute Gasteiger partial charge is 0.253 e. The van der Waals surface area contributed by atoms with Crippen LogP contribution in [0.2, 0.25) is 0 Å². The van der Waals surface area contributed by atoms with E-state index in [1.807, 2.05) is 30.9 Å². The third kappa shape index (κ3) is 3.61. The maximum Gasteiger partial charge on any atom is 0.253 e. The van der Waals surface area contributed by atoms with Gasteiger partial charge in [-0.3, -0.25) is 4.79 Å². The minimum absolute atomic E-state index is 0.147. The lowest BCUT2D eigenvalue weighted by Crippen LogP contribution is -2.33. The predicted octanol–water partition coefficient (Wildman–Crippen LogP) is 2.87. The van der Waals surface area contributed by atoms with Crippen molar-refractivity contribution in [1.82, 2.24) is 9.80 Å². The molecule has 22 heavy (non-hydrogen) atoms. The van der Waals surface area contributed by atoms with E-state index in [1.54, 1.807) is 7.11 Å². The lowest BCUT2D eigenvalue weighted by atomic mass is 10.0. The van der Waals surface area contributed by atoms with Gasteiger partial charge in [-0.1, -0.05) is 0 Å². The van der Waals surface area contributed by atoms with Crippen LogP contribution in [0.1, 0.15) is 40.7 Å². The van der Waals surface area contributed by atoms with Gasteiger partial charge in [0.1, 0.15) is 5.75 Å². The molecule has 1 fully saturated rings. The summed E-state index contributed by atoms with van der Waals surface area (Å²) < 4.78 is 5.39. The average molecular weight is 304 g/mol. The highest BCUT2D eigenvalue weighted by molar-refractivity contribution is 5.95. The number of ether oxygens (including phenoxy) is 1. The minimum Gasteiger partial charge on any atom is -0.496 e. The van der Waals surface area contributed by atoms with Crippen molar-refractivity contribution in [2.24, 2.45) is 0 Å². The van der Waals surface area contributed by atoms with Gasteiger partial charge < -0.3 is 14.5 Å². The Kier molecular flexibility index (Phi) is 5.46. The number of carbonyl (C=O) groups excluding carboxylic acids is 1. The average Bonchev–Trinajstić information content (AvgIpc) is 2.72. The summed E-state index contributed by atoms with van der Waals surface area (Å²) in [4.78, 5) is 17.1. The Labute approximate surface area is 134 Å². The van der Waals surface area contributed by atoms with Crippen LogP contribution in [0.4, 0.5) is 0 Å². The largest absolute Gasteiger partial charge is 0.496 e. The summed E-state index contributed by atoms with van der Waals surface area (Å²) in [5, 5.41) is 0. The Morgan fingerprint density at radius 1 is 1.18 bits per heavy atom. The zero-order valence-electron chi connectivity index (χ0n) is 14.5. The standard InChI is InChI=1S/C18H28N2O2/c1-13-11-15(12-14(2)17(13)22-5)18(21)20-9-6-7-16(8-10-20)19(3)4/h11-12,16H,6-10H2,1-5H3/t16-/m1/s1. The second-order valence-corrected chi connectivity index (χ2v) is 6.48. The molecule has 1 aromatic rings. The van der Waals surface area contributed by atoms with Crippen LogP contribution in [0, 0.1) is 13.8 Å². The van der Waals surface area contributed by atoms with E-state index in [9.17, 15) is 4.79 Å². The van der Waals surface area contributed by atoms with E-state index < -0.39 is 0 Å². The van der Waals surface area contributed by atoms with E-state index in [0.29, 0.717) is 6.04 Å². The molecule has 4 nitrogen and oxygen atoms in total. The van der Waals surface area contributed by atoms with Crippen LogP contribution < -0.4 is 4.74 Å². The third-order valence-electron chi connectivity index (χ3n) is 4.63. The number of nitrogens with zero attached hydrogens (tertiary/aromatic N) is 2. The highest BCUT2D eigenvalue weighted by atomic mass is 16.5. The molecule has 1 aliphatic rings. The van der Waals surface area contributed by atoms with E-state index in [0.717, 1.165) is 54.8 Å². The first-order chi connectivity index (χ1) is 10.4. The van der Waals surface area contributed by atoms with Gasteiger partial charge >= 0.3 is 0 Å². The molecule has 2 rings (SSSR count). The fourth-order valence-corrected chi connectivity index (χ4v) is 3.38. The number of methoxy groups -OCH3 is 1. The molecule has 1 aromatic carbocycles. The summed E-state index contributed by atoms with van der Waals surface area (Å²) in [6.45, 7) is 5.68. The van der Waals surface area contributed by atoms with E-state index in [-0.39, 0.29) is 5.91 Å². The molecule has 0 unspecified atom stereocenters. The SMILES string of the molecule is COc1c(C)cc(C(=O)N2CCC[C@@H](N(C)C)CC2)cc1C. The van der Waals surface area contributed by atoms with Crippen LogP contribution in [0.3, 0.4) is 0 Å². The van der Waals surface area contributed by atoms with Gasteiger partial charge in [-0.15, -0.1) is 0 Å². The lowest BCUT2D eigenvalue weighted by Gasteiger charge is -2.24. The second kappa shape index (κ2) is 7.14. The maximum absolute atomic E-state index is 12.8. The summed E-state index contributed by atoms with van der Waals surface area (Å²) in [6, 6.07) is 4.47. The molecule has 0 saturated carbocycles. The van der Waals surface area contributed by atoms with Crippen molar-refractivity contribution in [2.45, 2.75) is 39.2 Å².